The van der Waals surface area contributed by atoms with Crippen LogP contribution in [0.25, 0.3) is 0 Å². The minimum absolute atomic E-state index is 0.0859. The molecule has 1 atom stereocenters. The lowest BCUT2D eigenvalue weighted by Crippen LogP contribution is -2.37. The van der Waals surface area contributed by atoms with Gasteiger partial charge in [-0.3, -0.25) is 4.79 Å². The van der Waals surface area contributed by atoms with E-state index in [0.717, 1.165) is 25.1 Å². The molecular formula is C15H22N2O3S. The number of rotatable bonds is 5. The molecule has 1 saturated heterocycles. The summed E-state index contributed by atoms with van der Waals surface area (Å²) in [6.45, 7) is 3.14. The molecule has 1 aliphatic heterocycles. The Kier molecular flexibility index (Phi) is 4.88. The molecule has 0 aromatic heterocycles. The molecule has 0 radical (unpaired) electrons. The minimum Gasteiger partial charge on any atom is -0.370 e. The van der Waals surface area contributed by atoms with Crippen LogP contribution in [0, 0.1) is 5.92 Å². The maximum atomic E-state index is 12.2. The number of para-hydroxylation sites is 1. The van der Waals surface area contributed by atoms with E-state index in [9.17, 15) is 13.2 Å². The monoisotopic (exact) mass is 310 g/mol. The summed E-state index contributed by atoms with van der Waals surface area (Å²) in [5.41, 5.74) is 6.02. The van der Waals surface area contributed by atoms with Crippen molar-refractivity contribution in [2.45, 2.75) is 31.1 Å². The molecule has 1 aromatic rings. The van der Waals surface area contributed by atoms with Gasteiger partial charge in [0.05, 0.1) is 16.3 Å². The molecule has 1 heterocycles. The van der Waals surface area contributed by atoms with E-state index in [1.54, 1.807) is 19.1 Å². The number of benzene rings is 1. The van der Waals surface area contributed by atoms with E-state index in [0.29, 0.717) is 17.9 Å². The number of amides is 1. The van der Waals surface area contributed by atoms with Gasteiger partial charge < -0.3 is 10.6 Å². The van der Waals surface area contributed by atoms with Gasteiger partial charge in [0.15, 0.2) is 9.84 Å². The summed E-state index contributed by atoms with van der Waals surface area (Å²) in [6, 6.07) is 7.10. The number of primary amides is 1. The van der Waals surface area contributed by atoms with Gasteiger partial charge in [0.1, 0.15) is 0 Å². The molecule has 2 N–H and O–H groups in total. The molecule has 0 unspecified atom stereocenters. The topological polar surface area (TPSA) is 80.5 Å². The maximum Gasteiger partial charge on any atom is 0.217 e. The van der Waals surface area contributed by atoms with E-state index >= 15 is 0 Å². The second kappa shape index (κ2) is 6.47. The molecule has 1 aromatic carbocycles. The number of carbonyl (C=O) groups is 1. The second-order valence-corrected chi connectivity index (χ2v) is 7.74. The molecule has 116 valence electrons. The summed E-state index contributed by atoms with van der Waals surface area (Å²) in [5.74, 6) is -0.00676. The van der Waals surface area contributed by atoms with Crippen LogP contribution in [-0.4, -0.2) is 33.2 Å². The Labute approximate surface area is 126 Å². The van der Waals surface area contributed by atoms with Crippen molar-refractivity contribution < 1.29 is 13.2 Å². The Morgan fingerprint density at radius 3 is 2.76 bits per heavy atom. The number of piperidine rings is 1. The third-order valence-corrected chi connectivity index (χ3v) is 5.71. The fraction of sp³-hybridized carbons (Fsp3) is 0.533. The standard InChI is InChI=1S/C15H22N2O3S/c1-2-21(19,20)14-8-4-3-7-13(14)17-9-5-6-12(11-17)10-15(16)18/h3-4,7-8,12H,2,5-6,9-11H2,1H3,(H2,16,18)/t12-/m1/s1. The zero-order chi connectivity index (χ0) is 15.5. The number of hydrogen-bond acceptors (Lipinski definition) is 4. The summed E-state index contributed by atoms with van der Waals surface area (Å²) in [4.78, 5) is 13.5. The molecule has 1 amide bonds. The zero-order valence-electron chi connectivity index (χ0n) is 12.3. The van der Waals surface area contributed by atoms with Gasteiger partial charge in [-0.25, -0.2) is 8.42 Å². The van der Waals surface area contributed by atoms with E-state index in [2.05, 4.69) is 4.90 Å². The Bertz CT molecular complexity index is 613. The molecule has 1 fully saturated rings. The van der Waals surface area contributed by atoms with Crippen LogP contribution in [-0.2, 0) is 14.6 Å². The van der Waals surface area contributed by atoms with Crippen molar-refractivity contribution in [2.24, 2.45) is 11.7 Å². The first-order valence-electron chi connectivity index (χ1n) is 7.29. The van der Waals surface area contributed by atoms with Crippen molar-refractivity contribution in [3.05, 3.63) is 24.3 Å². The molecule has 0 aliphatic carbocycles. The molecule has 1 aliphatic rings. The minimum atomic E-state index is -3.25. The van der Waals surface area contributed by atoms with Gasteiger partial charge >= 0.3 is 0 Å². The molecule has 21 heavy (non-hydrogen) atoms. The quantitative estimate of drug-likeness (QED) is 0.895. The third-order valence-electron chi connectivity index (χ3n) is 3.93. The van der Waals surface area contributed by atoms with Crippen molar-refractivity contribution >= 4 is 21.4 Å². The number of carbonyl (C=O) groups excluding carboxylic acids is 1. The number of nitrogens with two attached hydrogens (primary N) is 1. The highest BCUT2D eigenvalue weighted by atomic mass is 32.2. The van der Waals surface area contributed by atoms with Crippen LogP contribution >= 0.6 is 0 Å². The van der Waals surface area contributed by atoms with Crippen LogP contribution in [0.1, 0.15) is 26.2 Å². The van der Waals surface area contributed by atoms with Crippen LogP contribution in [0.3, 0.4) is 0 Å². The van der Waals surface area contributed by atoms with E-state index in [4.69, 9.17) is 5.73 Å². The average Bonchev–Trinajstić information content (AvgIpc) is 2.47. The molecule has 5 nitrogen and oxygen atoms in total. The maximum absolute atomic E-state index is 12.2. The van der Waals surface area contributed by atoms with E-state index in [1.165, 1.54) is 0 Å². The Morgan fingerprint density at radius 2 is 2.10 bits per heavy atom. The van der Waals surface area contributed by atoms with Gasteiger partial charge in [-0.2, -0.15) is 0 Å². The largest absolute Gasteiger partial charge is 0.370 e. The summed E-state index contributed by atoms with van der Waals surface area (Å²) in [7, 11) is -3.25. The summed E-state index contributed by atoms with van der Waals surface area (Å²) in [5, 5.41) is 0. The van der Waals surface area contributed by atoms with Crippen molar-refractivity contribution in [1.82, 2.24) is 0 Å². The van der Waals surface area contributed by atoms with Gasteiger partial charge in [-0.15, -0.1) is 0 Å². The normalized spacial score (nSPS) is 19.5. The molecular weight excluding hydrogens is 288 g/mol. The number of sulfone groups is 1. The smallest absolute Gasteiger partial charge is 0.217 e. The third kappa shape index (κ3) is 3.75. The van der Waals surface area contributed by atoms with Crippen LogP contribution in [0.2, 0.25) is 0 Å². The van der Waals surface area contributed by atoms with E-state index in [1.807, 2.05) is 12.1 Å². The van der Waals surface area contributed by atoms with Crippen molar-refractivity contribution in [1.29, 1.82) is 0 Å². The zero-order valence-corrected chi connectivity index (χ0v) is 13.1. The van der Waals surface area contributed by atoms with Gasteiger partial charge in [0.2, 0.25) is 5.91 Å². The summed E-state index contributed by atoms with van der Waals surface area (Å²) in [6.07, 6.45) is 2.26. The van der Waals surface area contributed by atoms with Crippen LogP contribution in [0.4, 0.5) is 5.69 Å². The van der Waals surface area contributed by atoms with Gasteiger partial charge in [0.25, 0.3) is 0 Å². The Balaban J connectivity index is 2.28. The summed E-state index contributed by atoms with van der Waals surface area (Å²) >= 11 is 0. The highest BCUT2D eigenvalue weighted by molar-refractivity contribution is 7.91. The van der Waals surface area contributed by atoms with Gasteiger partial charge in [-0.05, 0) is 30.9 Å². The van der Waals surface area contributed by atoms with Crippen LogP contribution in [0.15, 0.2) is 29.2 Å². The van der Waals surface area contributed by atoms with Crippen molar-refractivity contribution in [3.63, 3.8) is 0 Å². The first-order chi connectivity index (χ1) is 9.94. The molecule has 0 spiro atoms. The molecule has 0 saturated carbocycles. The fourth-order valence-corrected chi connectivity index (χ4v) is 3.98. The highest BCUT2D eigenvalue weighted by Crippen LogP contribution is 2.30. The predicted molar refractivity (Wildman–Crippen MR) is 82.9 cm³/mol. The number of nitrogens with zero attached hydrogens (tertiary/aromatic N) is 1. The Hall–Kier alpha value is -1.56. The van der Waals surface area contributed by atoms with Gasteiger partial charge in [-0.1, -0.05) is 19.1 Å². The van der Waals surface area contributed by atoms with Crippen molar-refractivity contribution in [2.75, 3.05) is 23.7 Å². The van der Waals surface area contributed by atoms with Crippen molar-refractivity contribution in [3.8, 4) is 0 Å². The second-order valence-electron chi connectivity index (χ2n) is 5.50. The fourth-order valence-electron chi connectivity index (χ4n) is 2.87. The first kappa shape index (κ1) is 15.8. The lowest BCUT2D eigenvalue weighted by Gasteiger charge is -2.35. The molecule has 6 heteroatoms. The first-order valence-corrected chi connectivity index (χ1v) is 8.94. The number of hydrogen-bond donors (Lipinski definition) is 1. The SMILES string of the molecule is CCS(=O)(=O)c1ccccc1N1CCC[C@H](CC(N)=O)C1. The van der Waals surface area contributed by atoms with Crippen LogP contribution < -0.4 is 10.6 Å². The summed E-state index contributed by atoms with van der Waals surface area (Å²) < 4.78 is 24.4. The molecule has 0 bridgehead atoms. The van der Waals surface area contributed by atoms with E-state index < -0.39 is 9.84 Å². The lowest BCUT2D eigenvalue weighted by molar-refractivity contribution is -0.118. The lowest BCUT2D eigenvalue weighted by atomic mass is 9.94. The average molecular weight is 310 g/mol. The van der Waals surface area contributed by atoms with Gasteiger partial charge in [0, 0.05) is 19.5 Å². The highest BCUT2D eigenvalue weighted by Gasteiger charge is 2.25. The van der Waals surface area contributed by atoms with E-state index in [-0.39, 0.29) is 17.6 Å². The Morgan fingerprint density at radius 1 is 1.38 bits per heavy atom. The molecule has 2 rings (SSSR count). The van der Waals surface area contributed by atoms with Crippen LogP contribution in [0.5, 0.6) is 0 Å². The number of anilines is 1. The predicted octanol–water partition coefficient (Wildman–Crippen LogP) is 1.57.